The van der Waals surface area contributed by atoms with Crippen molar-refractivity contribution in [2.24, 2.45) is 0 Å². The molecule has 0 fully saturated rings. The third-order valence-corrected chi connectivity index (χ3v) is 2.24. The molecule has 0 aliphatic rings. The van der Waals surface area contributed by atoms with Crippen LogP contribution in [0.1, 0.15) is 5.56 Å². The Balaban J connectivity index is 3.27. The molecule has 4 heteroatoms. The van der Waals surface area contributed by atoms with E-state index < -0.39 is 0 Å². The fraction of sp³-hybridized carbons (Fsp3) is 0.455. The number of aliphatic hydroxyl groups excluding tert-OH is 1. The largest absolute Gasteiger partial charge is 0.493 e. The summed E-state index contributed by atoms with van der Waals surface area (Å²) >= 11 is 0. The van der Waals surface area contributed by atoms with E-state index in [0.29, 0.717) is 11.5 Å². The summed E-state index contributed by atoms with van der Waals surface area (Å²) < 4.78 is 10.4. The first-order valence-electron chi connectivity index (χ1n) is 4.67. The van der Waals surface area contributed by atoms with Crippen LogP contribution in [-0.4, -0.2) is 33.4 Å². The monoisotopic (exact) mass is 211 g/mol. The molecule has 0 atom stereocenters. The van der Waals surface area contributed by atoms with Gasteiger partial charge in [0.15, 0.2) is 11.5 Å². The van der Waals surface area contributed by atoms with Crippen LogP contribution in [0.2, 0.25) is 0 Å². The van der Waals surface area contributed by atoms with Gasteiger partial charge in [-0.15, -0.1) is 0 Å². The first-order chi connectivity index (χ1) is 7.13. The number of anilines is 1. The van der Waals surface area contributed by atoms with Crippen LogP contribution in [0.5, 0.6) is 11.5 Å². The number of methoxy groups -OCH3 is 2. The summed E-state index contributed by atoms with van der Waals surface area (Å²) in [5.74, 6) is 1.30. The lowest BCUT2D eigenvalue weighted by atomic mass is 10.1. The molecule has 0 saturated heterocycles. The predicted octanol–water partition coefficient (Wildman–Crippen LogP) is 1.26. The smallest absolute Gasteiger partial charge is 0.162 e. The molecule has 0 radical (unpaired) electrons. The van der Waals surface area contributed by atoms with Gasteiger partial charge in [-0.25, -0.2) is 0 Å². The van der Waals surface area contributed by atoms with Gasteiger partial charge in [0, 0.05) is 31.4 Å². The summed E-state index contributed by atoms with van der Waals surface area (Å²) in [7, 11) is 7.01. The zero-order valence-corrected chi connectivity index (χ0v) is 9.57. The maximum Gasteiger partial charge on any atom is 0.162 e. The van der Waals surface area contributed by atoms with Gasteiger partial charge in [-0.2, -0.15) is 0 Å². The molecule has 84 valence electrons. The molecule has 1 N–H and O–H groups in total. The van der Waals surface area contributed by atoms with E-state index in [4.69, 9.17) is 9.47 Å². The maximum absolute atomic E-state index is 9.23. The first-order valence-corrected chi connectivity index (χ1v) is 4.67. The van der Waals surface area contributed by atoms with Crippen molar-refractivity contribution >= 4 is 5.69 Å². The van der Waals surface area contributed by atoms with Gasteiger partial charge in [0.25, 0.3) is 0 Å². The van der Waals surface area contributed by atoms with E-state index in [2.05, 4.69) is 0 Å². The lowest BCUT2D eigenvalue weighted by Crippen LogP contribution is -2.12. The van der Waals surface area contributed by atoms with Crippen molar-refractivity contribution in [2.75, 3.05) is 33.2 Å². The van der Waals surface area contributed by atoms with Crippen molar-refractivity contribution in [3.8, 4) is 11.5 Å². The second-order valence-corrected chi connectivity index (χ2v) is 3.39. The Morgan fingerprint density at radius 3 is 2.07 bits per heavy atom. The highest BCUT2D eigenvalue weighted by Crippen LogP contribution is 2.34. The number of aliphatic hydroxyl groups is 1. The highest BCUT2D eigenvalue weighted by molar-refractivity contribution is 5.61. The Morgan fingerprint density at radius 2 is 1.67 bits per heavy atom. The molecular formula is C11H17NO3. The summed E-state index contributed by atoms with van der Waals surface area (Å²) in [5.41, 5.74) is 1.74. The molecule has 0 aliphatic carbocycles. The van der Waals surface area contributed by atoms with E-state index in [-0.39, 0.29) is 6.61 Å². The molecule has 0 amide bonds. The van der Waals surface area contributed by atoms with Gasteiger partial charge in [0.05, 0.1) is 20.8 Å². The van der Waals surface area contributed by atoms with Gasteiger partial charge in [-0.3, -0.25) is 0 Å². The fourth-order valence-corrected chi connectivity index (χ4v) is 1.45. The minimum Gasteiger partial charge on any atom is -0.493 e. The van der Waals surface area contributed by atoms with Gasteiger partial charge in [-0.1, -0.05) is 0 Å². The second-order valence-electron chi connectivity index (χ2n) is 3.39. The lowest BCUT2D eigenvalue weighted by Gasteiger charge is -2.19. The van der Waals surface area contributed by atoms with Gasteiger partial charge in [-0.05, 0) is 6.07 Å². The van der Waals surface area contributed by atoms with Crippen molar-refractivity contribution in [1.29, 1.82) is 0 Å². The van der Waals surface area contributed by atoms with E-state index >= 15 is 0 Å². The van der Waals surface area contributed by atoms with Crippen molar-refractivity contribution in [2.45, 2.75) is 6.61 Å². The molecule has 0 aliphatic heterocycles. The number of hydrogen-bond acceptors (Lipinski definition) is 4. The predicted molar refractivity (Wildman–Crippen MR) is 59.8 cm³/mol. The van der Waals surface area contributed by atoms with E-state index in [9.17, 15) is 5.11 Å². The first kappa shape index (κ1) is 11.7. The van der Waals surface area contributed by atoms with Crippen LogP contribution in [0.15, 0.2) is 12.1 Å². The fourth-order valence-electron chi connectivity index (χ4n) is 1.45. The zero-order valence-electron chi connectivity index (χ0n) is 9.57. The Labute approximate surface area is 90.0 Å². The Kier molecular flexibility index (Phi) is 3.80. The normalized spacial score (nSPS) is 9.93. The molecule has 1 aromatic rings. The van der Waals surface area contributed by atoms with Crippen molar-refractivity contribution in [1.82, 2.24) is 0 Å². The summed E-state index contributed by atoms with van der Waals surface area (Å²) in [6.45, 7) is -0.0200. The van der Waals surface area contributed by atoms with E-state index in [0.717, 1.165) is 11.3 Å². The second kappa shape index (κ2) is 4.89. The maximum atomic E-state index is 9.23. The molecule has 0 saturated carbocycles. The minimum absolute atomic E-state index is 0.0200. The standard InChI is InChI=1S/C11H17NO3/c1-12(2)9-6-11(15-4)10(14-3)5-8(9)7-13/h5-6,13H,7H2,1-4H3. The van der Waals surface area contributed by atoms with Gasteiger partial charge >= 0.3 is 0 Å². The highest BCUT2D eigenvalue weighted by Gasteiger charge is 2.11. The molecule has 15 heavy (non-hydrogen) atoms. The summed E-state index contributed by atoms with van der Waals surface area (Å²) in [5, 5.41) is 9.23. The average molecular weight is 211 g/mol. The quantitative estimate of drug-likeness (QED) is 0.814. The molecule has 0 bridgehead atoms. The number of hydrogen-bond donors (Lipinski definition) is 1. The highest BCUT2D eigenvalue weighted by atomic mass is 16.5. The topological polar surface area (TPSA) is 41.9 Å². The lowest BCUT2D eigenvalue weighted by molar-refractivity contribution is 0.280. The third-order valence-electron chi connectivity index (χ3n) is 2.24. The molecule has 0 heterocycles. The van der Waals surface area contributed by atoms with Crippen LogP contribution >= 0.6 is 0 Å². The molecule has 0 unspecified atom stereocenters. The van der Waals surface area contributed by atoms with Gasteiger partial charge in [0.1, 0.15) is 0 Å². The average Bonchev–Trinajstić information content (AvgIpc) is 2.26. The molecule has 4 nitrogen and oxygen atoms in total. The number of nitrogens with zero attached hydrogens (tertiary/aromatic N) is 1. The van der Waals surface area contributed by atoms with Gasteiger partial charge < -0.3 is 19.5 Å². The molecule has 1 rings (SSSR count). The molecular weight excluding hydrogens is 194 g/mol. The summed E-state index contributed by atoms with van der Waals surface area (Å²) in [6.07, 6.45) is 0. The summed E-state index contributed by atoms with van der Waals surface area (Å²) in [6, 6.07) is 3.64. The number of benzene rings is 1. The van der Waals surface area contributed by atoms with Crippen molar-refractivity contribution in [3.05, 3.63) is 17.7 Å². The Morgan fingerprint density at radius 1 is 1.13 bits per heavy atom. The minimum atomic E-state index is -0.0200. The van der Waals surface area contributed by atoms with E-state index in [1.165, 1.54) is 0 Å². The van der Waals surface area contributed by atoms with E-state index in [1.54, 1.807) is 20.3 Å². The van der Waals surface area contributed by atoms with Crippen molar-refractivity contribution < 1.29 is 14.6 Å². The Hall–Kier alpha value is -1.42. The molecule has 0 spiro atoms. The third kappa shape index (κ3) is 2.33. The summed E-state index contributed by atoms with van der Waals surface area (Å²) in [4.78, 5) is 1.92. The number of ether oxygens (including phenoxy) is 2. The number of rotatable bonds is 4. The molecule has 1 aromatic carbocycles. The SMILES string of the molecule is COc1cc(CO)c(N(C)C)cc1OC. The zero-order chi connectivity index (χ0) is 11.4. The van der Waals surface area contributed by atoms with Gasteiger partial charge in [0.2, 0.25) is 0 Å². The van der Waals surface area contributed by atoms with E-state index in [1.807, 2.05) is 25.1 Å². The van der Waals surface area contributed by atoms with Crippen LogP contribution in [0, 0.1) is 0 Å². The van der Waals surface area contributed by atoms with Crippen LogP contribution < -0.4 is 14.4 Å². The Bertz CT molecular complexity index is 337. The van der Waals surface area contributed by atoms with Crippen LogP contribution in [-0.2, 0) is 6.61 Å². The van der Waals surface area contributed by atoms with Crippen LogP contribution in [0.3, 0.4) is 0 Å². The van der Waals surface area contributed by atoms with Crippen molar-refractivity contribution in [3.63, 3.8) is 0 Å². The van der Waals surface area contributed by atoms with Crippen LogP contribution in [0.4, 0.5) is 5.69 Å². The van der Waals surface area contributed by atoms with Crippen LogP contribution in [0.25, 0.3) is 0 Å². The molecule has 0 aromatic heterocycles.